The molecular weight excluding hydrogens is 392 g/mol. The highest BCUT2D eigenvalue weighted by Crippen LogP contribution is 2.27. The van der Waals surface area contributed by atoms with E-state index < -0.39 is 0 Å². The molecule has 3 rings (SSSR count). The van der Waals surface area contributed by atoms with E-state index in [9.17, 15) is 4.79 Å². The molecule has 0 saturated carbocycles. The summed E-state index contributed by atoms with van der Waals surface area (Å²) in [6.07, 6.45) is 2.92. The number of aromatic amines is 1. The zero-order valence-electron chi connectivity index (χ0n) is 14.8. The highest BCUT2D eigenvalue weighted by atomic mass is 79.9. The molecule has 0 amide bonds. The van der Waals surface area contributed by atoms with Gasteiger partial charge < -0.3 is 4.74 Å². The van der Waals surface area contributed by atoms with Gasteiger partial charge in [0.25, 0.3) is 5.56 Å². The fourth-order valence-electron chi connectivity index (χ4n) is 2.57. The molecule has 26 heavy (non-hydrogen) atoms. The number of ether oxygens (including phenoxy) is 1. The van der Waals surface area contributed by atoms with Crippen molar-refractivity contribution in [2.75, 3.05) is 0 Å². The minimum atomic E-state index is -0.128. The van der Waals surface area contributed by atoms with Crippen molar-refractivity contribution >= 4 is 28.6 Å². The van der Waals surface area contributed by atoms with Crippen LogP contribution in [0.4, 0.5) is 0 Å². The SMILES string of the molecule is C=c1[nH]n(-c2ccccc2)c(=O)/c1=C\c1ccc(O[C@@H](C)CC)c(Br)c1. The van der Waals surface area contributed by atoms with Gasteiger partial charge in [0.15, 0.2) is 0 Å². The smallest absolute Gasteiger partial charge is 0.279 e. The number of nitrogens with one attached hydrogen (secondary N) is 1. The van der Waals surface area contributed by atoms with E-state index in [1.54, 1.807) is 0 Å². The van der Waals surface area contributed by atoms with Crippen LogP contribution >= 0.6 is 15.9 Å². The van der Waals surface area contributed by atoms with Crippen LogP contribution in [0, 0.1) is 0 Å². The summed E-state index contributed by atoms with van der Waals surface area (Å²) in [4.78, 5) is 12.8. The van der Waals surface area contributed by atoms with Crippen LogP contribution in [0.15, 0.2) is 57.8 Å². The zero-order chi connectivity index (χ0) is 18.7. The fraction of sp³-hybridized carbons (Fsp3) is 0.190. The van der Waals surface area contributed by atoms with Crippen LogP contribution in [0.1, 0.15) is 25.8 Å². The fourth-order valence-corrected chi connectivity index (χ4v) is 3.06. The third kappa shape index (κ3) is 3.83. The summed E-state index contributed by atoms with van der Waals surface area (Å²) in [5, 5.41) is 4.15. The predicted molar refractivity (Wildman–Crippen MR) is 109 cm³/mol. The molecule has 0 aliphatic carbocycles. The van der Waals surface area contributed by atoms with E-state index in [-0.39, 0.29) is 11.7 Å². The number of halogens is 1. The van der Waals surface area contributed by atoms with Crippen LogP contribution in [0.25, 0.3) is 18.3 Å². The Morgan fingerprint density at radius 1 is 1.27 bits per heavy atom. The van der Waals surface area contributed by atoms with Gasteiger partial charge in [0.2, 0.25) is 0 Å². The summed E-state index contributed by atoms with van der Waals surface area (Å²) in [6.45, 7) is 8.09. The highest BCUT2D eigenvalue weighted by Gasteiger charge is 2.07. The lowest BCUT2D eigenvalue weighted by Crippen LogP contribution is -2.33. The van der Waals surface area contributed by atoms with Crippen LogP contribution in [0.5, 0.6) is 5.75 Å². The molecule has 0 fully saturated rings. The van der Waals surface area contributed by atoms with E-state index in [1.807, 2.05) is 61.5 Å². The first-order valence-electron chi connectivity index (χ1n) is 8.53. The van der Waals surface area contributed by atoms with Gasteiger partial charge in [0.1, 0.15) is 5.75 Å². The van der Waals surface area contributed by atoms with E-state index >= 15 is 0 Å². The van der Waals surface area contributed by atoms with Crippen molar-refractivity contribution < 1.29 is 4.74 Å². The minimum Gasteiger partial charge on any atom is -0.490 e. The van der Waals surface area contributed by atoms with Crippen molar-refractivity contribution in [3.8, 4) is 11.4 Å². The molecule has 0 bridgehead atoms. The lowest BCUT2D eigenvalue weighted by atomic mass is 10.2. The van der Waals surface area contributed by atoms with E-state index in [4.69, 9.17) is 4.74 Å². The number of nitrogens with zero attached hydrogens (tertiary/aromatic N) is 1. The predicted octanol–water partition coefficient (Wildman–Crippen LogP) is 3.34. The molecule has 1 N–H and O–H groups in total. The van der Waals surface area contributed by atoms with Crippen molar-refractivity contribution in [2.45, 2.75) is 26.4 Å². The Bertz CT molecular complexity index is 1070. The molecule has 134 valence electrons. The third-order valence-corrected chi connectivity index (χ3v) is 4.81. The van der Waals surface area contributed by atoms with Crippen LogP contribution in [-0.2, 0) is 0 Å². The van der Waals surface area contributed by atoms with E-state index in [0.29, 0.717) is 10.6 Å². The van der Waals surface area contributed by atoms with Crippen molar-refractivity contribution in [1.29, 1.82) is 0 Å². The molecule has 0 radical (unpaired) electrons. The lowest BCUT2D eigenvalue weighted by molar-refractivity contribution is 0.216. The number of rotatable bonds is 5. The minimum absolute atomic E-state index is 0.128. The van der Waals surface area contributed by atoms with Crippen LogP contribution in [-0.4, -0.2) is 15.9 Å². The summed E-state index contributed by atoms with van der Waals surface area (Å²) in [5.41, 5.74) is 1.55. The first-order chi connectivity index (χ1) is 12.5. The second kappa shape index (κ2) is 7.79. The number of hydrogen-bond donors (Lipinski definition) is 1. The molecule has 1 aromatic heterocycles. The topological polar surface area (TPSA) is 47.0 Å². The summed E-state index contributed by atoms with van der Waals surface area (Å²) < 4.78 is 8.22. The van der Waals surface area contributed by atoms with Gasteiger partial charge >= 0.3 is 0 Å². The van der Waals surface area contributed by atoms with Crippen molar-refractivity contribution in [3.05, 3.63) is 79.5 Å². The van der Waals surface area contributed by atoms with Gasteiger partial charge in [-0.15, -0.1) is 0 Å². The van der Waals surface area contributed by atoms with E-state index in [2.05, 4.69) is 34.5 Å². The van der Waals surface area contributed by atoms with Gasteiger partial charge in [-0.25, -0.2) is 4.68 Å². The largest absolute Gasteiger partial charge is 0.490 e. The Morgan fingerprint density at radius 2 is 2.00 bits per heavy atom. The Hall–Kier alpha value is -2.53. The third-order valence-electron chi connectivity index (χ3n) is 4.19. The van der Waals surface area contributed by atoms with E-state index in [1.165, 1.54) is 4.68 Å². The van der Waals surface area contributed by atoms with Gasteiger partial charge in [0.05, 0.1) is 26.8 Å². The Morgan fingerprint density at radius 3 is 2.65 bits per heavy atom. The van der Waals surface area contributed by atoms with Crippen LogP contribution < -0.4 is 20.9 Å². The monoisotopic (exact) mass is 412 g/mol. The van der Waals surface area contributed by atoms with Gasteiger partial charge in [-0.2, -0.15) is 0 Å². The average molecular weight is 413 g/mol. The highest BCUT2D eigenvalue weighted by molar-refractivity contribution is 9.10. The molecule has 0 aliphatic heterocycles. The molecule has 0 spiro atoms. The Kier molecular flexibility index (Phi) is 5.47. The molecule has 0 unspecified atom stereocenters. The molecule has 0 aliphatic rings. The number of para-hydroxylation sites is 1. The quantitative estimate of drug-likeness (QED) is 0.698. The summed E-state index contributed by atoms with van der Waals surface area (Å²) in [6, 6.07) is 15.2. The number of benzene rings is 2. The van der Waals surface area contributed by atoms with Gasteiger partial charge in [0, 0.05) is 0 Å². The first-order valence-corrected chi connectivity index (χ1v) is 9.32. The lowest BCUT2D eigenvalue weighted by Gasteiger charge is -2.14. The standard InChI is InChI=1S/C21H21BrN2O2/c1-4-14(2)26-20-11-10-16(13-19(20)22)12-18-15(3)23-24(21(18)25)17-8-6-5-7-9-17/h5-14,23H,3-4H2,1-2H3/b18-12-/t14-/m0/s1. The number of aromatic nitrogens is 2. The molecule has 4 nitrogen and oxygen atoms in total. The molecule has 1 heterocycles. The van der Waals surface area contributed by atoms with E-state index in [0.717, 1.165) is 27.9 Å². The van der Waals surface area contributed by atoms with Crippen LogP contribution in [0.2, 0.25) is 0 Å². The zero-order valence-corrected chi connectivity index (χ0v) is 16.4. The molecule has 5 heteroatoms. The average Bonchev–Trinajstić information content (AvgIpc) is 2.92. The summed E-state index contributed by atoms with van der Waals surface area (Å²) >= 11 is 3.55. The van der Waals surface area contributed by atoms with Gasteiger partial charge in [-0.1, -0.05) is 37.8 Å². The maximum Gasteiger partial charge on any atom is 0.279 e. The normalized spacial score (nSPS) is 13.0. The van der Waals surface area contributed by atoms with Crippen molar-refractivity contribution in [2.24, 2.45) is 0 Å². The van der Waals surface area contributed by atoms with Crippen molar-refractivity contribution in [1.82, 2.24) is 9.78 Å². The summed E-state index contributed by atoms with van der Waals surface area (Å²) in [7, 11) is 0. The Balaban J connectivity index is 2.01. The van der Waals surface area contributed by atoms with Gasteiger partial charge in [-0.3, -0.25) is 9.89 Å². The number of hydrogen-bond acceptors (Lipinski definition) is 2. The Labute approximate surface area is 160 Å². The number of H-pyrrole nitrogens is 1. The molecular formula is C21H21BrN2O2. The van der Waals surface area contributed by atoms with Crippen LogP contribution in [0.3, 0.4) is 0 Å². The summed E-state index contributed by atoms with van der Waals surface area (Å²) in [5.74, 6) is 0.794. The molecule has 0 saturated heterocycles. The van der Waals surface area contributed by atoms with Crippen molar-refractivity contribution in [3.63, 3.8) is 0 Å². The maximum atomic E-state index is 12.8. The second-order valence-electron chi connectivity index (χ2n) is 6.15. The first kappa shape index (κ1) is 18.3. The molecule has 1 atom stereocenters. The second-order valence-corrected chi connectivity index (χ2v) is 7.01. The molecule has 3 aromatic rings. The molecule has 2 aromatic carbocycles. The maximum absolute atomic E-state index is 12.8. The van der Waals surface area contributed by atoms with Gasteiger partial charge in [-0.05, 0) is 65.2 Å².